The van der Waals surface area contributed by atoms with Crippen molar-refractivity contribution < 1.29 is 9.53 Å². The number of aromatic nitrogens is 2. The van der Waals surface area contributed by atoms with Gasteiger partial charge in [-0.1, -0.05) is 0 Å². The summed E-state index contributed by atoms with van der Waals surface area (Å²) >= 11 is 0. The van der Waals surface area contributed by atoms with Gasteiger partial charge in [0.25, 0.3) is 0 Å². The Hall–Kier alpha value is -1.60. The fourth-order valence-electron chi connectivity index (χ4n) is 3.09. The van der Waals surface area contributed by atoms with Crippen molar-refractivity contribution >= 4 is 6.03 Å². The van der Waals surface area contributed by atoms with Crippen LogP contribution >= 0.6 is 0 Å². The van der Waals surface area contributed by atoms with Crippen molar-refractivity contribution in [3.05, 3.63) is 17.0 Å². The van der Waals surface area contributed by atoms with Gasteiger partial charge in [0, 0.05) is 51.6 Å². The number of rotatable bonds is 6. The van der Waals surface area contributed by atoms with Gasteiger partial charge in [-0.3, -0.25) is 9.58 Å². The molecule has 2 N–H and O–H groups in total. The van der Waals surface area contributed by atoms with Gasteiger partial charge in [0.05, 0.1) is 12.3 Å². The summed E-state index contributed by atoms with van der Waals surface area (Å²) in [6, 6.07) is -0.0362. The van der Waals surface area contributed by atoms with Crippen LogP contribution in [0.2, 0.25) is 0 Å². The summed E-state index contributed by atoms with van der Waals surface area (Å²) in [5, 5.41) is 10.4. The molecule has 0 aromatic carbocycles. The minimum absolute atomic E-state index is 0.0678. The van der Waals surface area contributed by atoms with Crippen molar-refractivity contribution in [2.24, 2.45) is 7.05 Å². The zero-order chi connectivity index (χ0) is 17.5. The van der Waals surface area contributed by atoms with Crippen LogP contribution in [0, 0.1) is 13.8 Å². The normalized spacial score (nSPS) is 17.3. The highest BCUT2D eigenvalue weighted by atomic mass is 16.5. The number of urea groups is 1. The van der Waals surface area contributed by atoms with E-state index in [-0.39, 0.29) is 12.1 Å². The molecule has 1 atom stereocenters. The molecular weight excluding hydrogens is 306 g/mol. The second kappa shape index (κ2) is 9.03. The largest absolute Gasteiger partial charge is 0.380 e. The maximum Gasteiger partial charge on any atom is 0.315 e. The summed E-state index contributed by atoms with van der Waals surface area (Å²) < 4.78 is 7.33. The maximum atomic E-state index is 12.0. The number of carbonyl (C=O) groups is 1. The number of hydrogen-bond donors (Lipinski definition) is 2. The van der Waals surface area contributed by atoms with E-state index in [1.165, 1.54) is 5.56 Å². The number of amides is 2. The molecule has 2 amide bonds. The van der Waals surface area contributed by atoms with Crippen LogP contribution in [0.1, 0.15) is 30.3 Å². The van der Waals surface area contributed by atoms with E-state index in [4.69, 9.17) is 4.74 Å². The lowest BCUT2D eigenvalue weighted by molar-refractivity contribution is 0.141. The van der Waals surface area contributed by atoms with E-state index < -0.39 is 0 Å². The summed E-state index contributed by atoms with van der Waals surface area (Å²) in [6.45, 7) is 11.2. The molecule has 1 saturated heterocycles. The van der Waals surface area contributed by atoms with Gasteiger partial charge in [0.1, 0.15) is 0 Å². The van der Waals surface area contributed by atoms with E-state index in [0.29, 0.717) is 6.54 Å². The molecule has 1 aliphatic rings. The topological polar surface area (TPSA) is 71.4 Å². The van der Waals surface area contributed by atoms with Crippen LogP contribution in [-0.4, -0.2) is 66.1 Å². The highest BCUT2D eigenvalue weighted by Crippen LogP contribution is 2.14. The van der Waals surface area contributed by atoms with Crippen LogP contribution < -0.4 is 10.6 Å². The Morgan fingerprint density at radius 3 is 2.83 bits per heavy atom. The van der Waals surface area contributed by atoms with Crippen LogP contribution in [0.25, 0.3) is 0 Å². The summed E-state index contributed by atoms with van der Waals surface area (Å²) in [5.41, 5.74) is 3.41. The van der Waals surface area contributed by atoms with Crippen LogP contribution in [0.3, 0.4) is 0 Å². The number of nitrogens with one attached hydrogen (secondary N) is 2. The molecule has 136 valence electrons. The molecule has 7 nitrogen and oxygen atoms in total. The highest BCUT2D eigenvalue weighted by Gasteiger charge is 2.15. The zero-order valence-corrected chi connectivity index (χ0v) is 15.4. The molecule has 1 aliphatic heterocycles. The summed E-state index contributed by atoms with van der Waals surface area (Å²) in [5.74, 6) is 0. The van der Waals surface area contributed by atoms with Crippen LogP contribution in [0.5, 0.6) is 0 Å². The first-order valence-corrected chi connectivity index (χ1v) is 8.81. The fraction of sp³-hybridized carbons (Fsp3) is 0.765. The summed E-state index contributed by atoms with van der Waals surface area (Å²) in [6.07, 6.45) is 1.86. The minimum Gasteiger partial charge on any atom is -0.380 e. The number of nitrogens with zero attached hydrogens (tertiary/aromatic N) is 3. The lowest BCUT2D eigenvalue weighted by Gasteiger charge is -2.20. The van der Waals surface area contributed by atoms with Crippen molar-refractivity contribution in [2.75, 3.05) is 39.4 Å². The first-order chi connectivity index (χ1) is 11.5. The quantitative estimate of drug-likeness (QED) is 0.812. The predicted molar refractivity (Wildman–Crippen MR) is 94.3 cm³/mol. The van der Waals surface area contributed by atoms with Crippen LogP contribution in [0.15, 0.2) is 0 Å². The molecule has 1 aromatic heterocycles. The molecule has 0 saturated carbocycles. The Labute approximate surface area is 144 Å². The molecule has 0 aliphatic carbocycles. The molecule has 2 heterocycles. The Morgan fingerprint density at radius 2 is 2.12 bits per heavy atom. The molecule has 2 rings (SSSR count). The third-order valence-electron chi connectivity index (χ3n) is 4.58. The van der Waals surface area contributed by atoms with Gasteiger partial charge >= 0.3 is 6.03 Å². The molecular formula is C17H31N5O2. The van der Waals surface area contributed by atoms with Crippen molar-refractivity contribution in [1.29, 1.82) is 0 Å². The second-order valence-corrected chi connectivity index (χ2v) is 6.59. The fourth-order valence-corrected chi connectivity index (χ4v) is 3.09. The Kier molecular flexibility index (Phi) is 7.05. The van der Waals surface area contributed by atoms with Crippen molar-refractivity contribution in [3.8, 4) is 0 Å². The number of hydrogen-bond acceptors (Lipinski definition) is 4. The van der Waals surface area contributed by atoms with Gasteiger partial charge in [-0.05, 0) is 39.2 Å². The number of aryl methyl sites for hydroxylation is 2. The Bertz CT molecular complexity index is 535. The molecule has 7 heteroatoms. The summed E-state index contributed by atoms with van der Waals surface area (Å²) in [7, 11) is 1.95. The molecule has 0 radical (unpaired) electrons. The molecule has 24 heavy (non-hydrogen) atoms. The SMILES string of the molecule is Cc1nn(C)c(C)c1C[C@H](C)NC(=O)NCCN1CCCOCC1. The van der Waals surface area contributed by atoms with Crippen molar-refractivity contribution in [3.63, 3.8) is 0 Å². The van der Waals surface area contributed by atoms with Gasteiger partial charge < -0.3 is 15.4 Å². The average molecular weight is 337 g/mol. The maximum absolute atomic E-state index is 12.0. The van der Waals surface area contributed by atoms with E-state index in [2.05, 4.69) is 27.6 Å². The lowest BCUT2D eigenvalue weighted by Crippen LogP contribution is -2.44. The molecule has 1 fully saturated rings. The first kappa shape index (κ1) is 18.7. The second-order valence-electron chi connectivity index (χ2n) is 6.59. The van der Waals surface area contributed by atoms with Crippen LogP contribution in [-0.2, 0) is 18.2 Å². The molecule has 0 spiro atoms. The van der Waals surface area contributed by atoms with E-state index in [9.17, 15) is 4.79 Å². The van der Waals surface area contributed by atoms with E-state index >= 15 is 0 Å². The third kappa shape index (κ3) is 5.49. The number of ether oxygens (including phenoxy) is 1. The van der Waals surface area contributed by atoms with Gasteiger partial charge in [-0.2, -0.15) is 5.10 Å². The summed E-state index contributed by atoms with van der Waals surface area (Å²) in [4.78, 5) is 14.4. The van der Waals surface area contributed by atoms with Gasteiger partial charge in [-0.15, -0.1) is 0 Å². The predicted octanol–water partition coefficient (Wildman–Crippen LogP) is 0.989. The van der Waals surface area contributed by atoms with E-state index in [1.54, 1.807) is 0 Å². The van der Waals surface area contributed by atoms with E-state index in [1.807, 2.05) is 25.6 Å². The molecule has 0 bridgehead atoms. The smallest absolute Gasteiger partial charge is 0.315 e. The Morgan fingerprint density at radius 1 is 1.33 bits per heavy atom. The first-order valence-electron chi connectivity index (χ1n) is 8.81. The Balaban J connectivity index is 1.69. The molecule has 1 aromatic rings. The van der Waals surface area contributed by atoms with Gasteiger partial charge in [0.2, 0.25) is 0 Å². The third-order valence-corrected chi connectivity index (χ3v) is 4.58. The molecule has 0 unspecified atom stereocenters. The number of carbonyl (C=O) groups excluding carboxylic acids is 1. The average Bonchev–Trinajstić information content (AvgIpc) is 2.74. The highest BCUT2D eigenvalue weighted by molar-refractivity contribution is 5.74. The minimum atomic E-state index is -0.104. The zero-order valence-electron chi connectivity index (χ0n) is 15.4. The van der Waals surface area contributed by atoms with Crippen molar-refractivity contribution in [1.82, 2.24) is 25.3 Å². The van der Waals surface area contributed by atoms with Crippen LogP contribution in [0.4, 0.5) is 4.79 Å². The van der Waals surface area contributed by atoms with Gasteiger partial charge in [0.15, 0.2) is 0 Å². The van der Waals surface area contributed by atoms with Gasteiger partial charge in [-0.25, -0.2) is 4.79 Å². The van der Waals surface area contributed by atoms with Crippen molar-refractivity contribution in [2.45, 2.75) is 39.7 Å². The monoisotopic (exact) mass is 337 g/mol. The van der Waals surface area contributed by atoms with E-state index in [0.717, 1.165) is 57.1 Å². The standard InChI is InChI=1S/C17H31N5O2/c1-13(12-16-14(2)20-21(4)15(16)3)19-17(23)18-6-8-22-7-5-10-24-11-9-22/h13H,5-12H2,1-4H3,(H2,18,19,23)/t13-/m0/s1. The lowest BCUT2D eigenvalue weighted by atomic mass is 10.1.